The monoisotopic (exact) mass is 817 g/mol. The topological polar surface area (TPSA) is 275 Å². The largest absolute Gasteiger partial charge is 0.490 e. The molecule has 0 bridgehead atoms. The Kier molecular flexibility index (Phi) is 21.9. The number of carbonyl (C=O) groups excluding carboxylic acids is 4. The summed E-state index contributed by atoms with van der Waals surface area (Å²) in [6, 6.07) is 24.0. The zero-order chi connectivity index (χ0) is 42.8. The lowest BCUT2D eigenvalue weighted by molar-refractivity contribution is -0.192. The molecule has 17 nitrogen and oxygen atoms in total. The Labute approximate surface area is 333 Å². The van der Waals surface area contributed by atoms with Gasteiger partial charge in [-0.3, -0.25) is 19.9 Å². The smallest absolute Gasteiger partial charge is 0.475 e. The number of ether oxygens (including phenoxy) is 2. The molecule has 0 spiro atoms. The highest BCUT2D eigenvalue weighted by atomic mass is 19.4. The van der Waals surface area contributed by atoms with Crippen LogP contribution in [0.1, 0.15) is 41.0 Å². The molecule has 12 N–H and O–H groups in total. The van der Waals surface area contributed by atoms with Crippen molar-refractivity contribution in [2.75, 3.05) is 46.1 Å². The Morgan fingerprint density at radius 3 is 1.74 bits per heavy atom. The van der Waals surface area contributed by atoms with Crippen molar-refractivity contribution in [3.05, 3.63) is 107 Å². The van der Waals surface area contributed by atoms with Crippen molar-refractivity contribution >= 4 is 35.8 Å². The van der Waals surface area contributed by atoms with E-state index >= 15 is 0 Å². The third kappa shape index (κ3) is 20.1. The van der Waals surface area contributed by atoms with E-state index in [9.17, 15) is 32.3 Å². The van der Waals surface area contributed by atoms with E-state index in [1.54, 1.807) is 0 Å². The van der Waals surface area contributed by atoms with Gasteiger partial charge < -0.3 is 53.0 Å². The highest BCUT2D eigenvalue weighted by molar-refractivity contribution is 5.95. The molecule has 0 radical (unpaired) electrons. The van der Waals surface area contributed by atoms with E-state index < -0.39 is 36.2 Å². The lowest BCUT2D eigenvalue weighted by Gasteiger charge is -2.23. The van der Waals surface area contributed by atoms with Gasteiger partial charge in [0.1, 0.15) is 6.04 Å². The Balaban J connectivity index is 0.00000151. The molecular formula is C38H50F3N9O8. The Hall–Kier alpha value is -6.25. The van der Waals surface area contributed by atoms with Crippen molar-refractivity contribution in [3.63, 3.8) is 0 Å². The summed E-state index contributed by atoms with van der Waals surface area (Å²) in [6.07, 6.45) is -4.45. The number of aliphatic imine (C=N–C) groups is 1. The van der Waals surface area contributed by atoms with Crippen LogP contribution in [0.15, 0.2) is 89.9 Å². The predicted molar refractivity (Wildman–Crippen MR) is 208 cm³/mol. The van der Waals surface area contributed by atoms with Crippen LogP contribution in [0.2, 0.25) is 0 Å². The summed E-state index contributed by atoms with van der Waals surface area (Å²) in [4.78, 5) is 63.7. The van der Waals surface area contributed by atoms with Gasteiger partial charge in [-0.25, -0.2) is 14.4 Å². The number of carboxylic acid groups (broad SMARTS) is 1. The number of hydrogen-bond donors (Lipinski definition) is 9. The summed E-state index contributed by atoms with van der Waals surface area (Å²) in [5.74, 6) is -4.18. The first-order valence-corrected chi connectivity index (χ1v) is 18.0. The summed E-state index contributed by atoms with van der Waals surface area (Å²) in [6.45, 7) is 2.96. The lowest BCUT2D eigenvalue weighted by Crippen LogP contribution is -2.48. The highest BCUT2D eigenvalue weighted by Gasteiger charge is 2.38. The molecule has 0 aliphatic rings. The van der Waals surface area contributed by atoms with Crippen molar-refractivity contribution in [2.24, 2.45) is 22.2 Å². The second kappa shape index (κ2) is 26.6. The number of nitrogens with one attached hydrogen (secondary N) is 5. The maximum Gasteiger partial charge on any atom is 0.490 e. The second-order valence-corrected chi connectivity index (χ2v) is 12.2. The summed E-state index contributed by atoms with van der Waals surface area (Å²) in [5.41, 5.74) is 19.7. The fourth-order valence-corrected chi connectivity index (χ4v) is 4.92. The molecule has 20 heteroatoms. The Morgan fingerprint density at radius 1 is 0.724 bits per heavy atom. The number of guanidine groups is 1. The average molecular weight is 818 g/mol. The van der Waals surface area contributed by atoms with Gasteiger partial charge in [-0.15, -0.1) is 0 Å². The van der Waals surface area contributed by atoms with Crippen LogP contribution in [0.5, 0.6) is 0 Å². The fraction of sp³-hybridized carbons (Fsp3) is 0.368. The number of halogens is 3. The van der Waals surface area contributed by atoms with E-state index in [1.807, 2.05) is 84.9 Å². The van der Waals surface area contributed by atoms with Crippen LogP contribution in [-0.4, -0.2) is 99.2 Å². The molecule has 0 aliphatic carbocycles. The van der Waals surface area contributed by atoms with Gasteiger partial charge in [-0.05, 0) is 35.1 Å². The van der Waals surface area contributed by atoms with E-state index in [1.165, 1.54) is 0 Å². The first-order chi connectivity index (χ1) is 27.7. The number of alkyl halides is 3. The van der Waals surface area contributed by atoms with Gasteiger partial charge in [-0.2, -0.15) is 13.2 Å². The minimum absolute atomic E-state index is 0.0867. The number of hydrogen-bond acceptors (Lipinski definition) is 9. The minimum Gasteiger partial charge on any atom is -0.475 e. The van der Waals surface area contributed by atoms with Crippen LogP contribution in [-0.2, 0) is 36.9 Å². The van der Waals surface area contributed by atoms with E-state index in [4.69, 9.17) is 36.6 Å². The van der Waals surface area contributed by atoms with E-state index in [2.05, 4.69) is 31.6 Å². The average Bonchev–Trinajstić information content (AvgIpc) is 3.19. The molecule has 6 amide bonds. The number of carbonyl (C=O) groups is 5. The number of nitrogens with two attached hydrogens (primary N) is 3. The molecule has 3 aromatic carbocycles. The summed E-state index contributed by atoms with van der Waals surface area (Å²) >= 11 is 0. The first-order valence-electron chi connectivity index (χ1n) is 18.0. The van der Waals surface area contributed by atoms with Crippen LogP contribution < -0.4 is 43.8 Å². The van der Waals surface area contributed by atoms with Gasteiger partial charge in [0.15, 0.2) is 5.96 Å². The van der Waals surface area contributed by atoms with Crippen LogP contribution in [0.3, 0.4) is 0 Å². The molecule has 0 fully saturated rings. The van der Waals surface area contributed by atoms with E-state index in [0.717, 1.165) is 22.3 Å². The van der Waals surface area contributed by atoms with Crippen LogP contribution >= 0.6 is 0 Å². The number of benzene rings is 3. The van der Waals surface area contributed by atoms with Crippen LogP contribution in [0.4, 0.5) is 22.8 Å². The number of rotatable bonds is 21. The zero-order valence-corrected chi connectivity index (χ0v) is 31.6. The molecule has 316 valence electrons. The molecule has 0 heterocycles. The van der Waals surface area contributed by atoms with Crippen molar-refractivity contribution in [1.82, 2.24) is 26.6 Å². The highest BCUT2D eigenvalue weighted by Crippen LogP contribution is 2.25. The van der Waals surface area contributed by atoms with Gasteiger partial charge in [0.2, 0.25) is 11.8 Å². The number of carboxylic acids is 1. The normalized spacial score (nSPS) is 11.7. The number of nitrogens with zero attached hydrogens (tertiary/aromatic N) is 1. The third-order valence-electron chi connectivity index (χ3n) is 7.70. The van der Waals surface area contributed by atoms with Gasteiger partial charge in [-0.1, -0.05) is 84.9 Å². The van der Waals surface area contributed by atoms with Crippen LogP contribution in [0, 0.1) is 0 Å². The Morgan fingerprint density at radius 2 is 1.24 bits per heavy atom. The van der Waals surface area contributed by atoms with Crippen molar-refractivity contribution in [1.29, 1.82) is 0 Å². The third-order valence-corrected chi connectivity index (χ3v) is 7.70. The molecule has 3 aromatic rings. The minimum atomic E-state index is -5.08. The number of primary amides is 1. The summed E-state index contributed by atoms with van der Waals surface area (Å²) in [7, 11) is 0. The molecule has 0 aromatic heterocycles. The fourth-order valence-electron chi connectivity index (χ4n) is 4.92. The molecule has 0 aliphatic heterocycles. The molecule has 0 unspecified atom stereocenters. The molecule has 3 rings (SSSR count). The van der Waals surface area contributed by atoms with E-state index in [-0.39, 0.29) is 50.4 Å². The summed E-state index contributed by atoms with van der Waals surface area (Å²) in [5, 5.41) is 20.6. The Bertz CT molecular complexity index is 1700. The molecule has 1 atom stereocenters. The van der Waals surface area contributed by atoms with Crippen molar-refractivity contribution in [3.8, 4) is 0 Å². The SMILES string of the molecule is NCCOCCOCCNC(=O)NC(N)=NCCC[C@H](NC(=O)C(c1ccccc1)c1ccccc1)C(=O)NCc1ccc(CNC(N)=O)cc1.O=C(O)C(F)(F)F. The van der Waals surface area contributed by atoms with Gasteiger partial charge in [0.05, 0.1) is 32.3 Å². The number of amides is 6. The molecule has 0 saturated heterocycles. The van der Waals surface area contributed by atoms with E-state index in [0.29, 0.717) is 39.4 Å². The van der Waals surface area contributed by atoms with Crippen LogP contribution in [0.25, 0.3) is 0 Å². The predicted octanol–water partition coefficient (Wildman–Crippen LogP) is 1.81. The number of aliphatic carboxylic acids is 1. The first kappa shape index (κ1) is 47.9. The molecule has 58 heavy (non-hydrogen) atoms. The second-order valence-electron chi connectivity index (χ2n) is 12.2. The van der Waals surface area contributed by atoms with Crippen molar-refractivity contribution in [2.45, 2.75) is 44.1 Å². The lowest BCUT2D eigenvalue weighted by atomic mass is 9.90. The standard InChI is InChI=1S/C36H49N9O6.C2HF3O2/c37-17-20-50-22-23-51-21-19-41-36(49)45-34(38)40-18-7-12-30(32(46)42-24-26-13-15-27(16-14-26)25-43-35(39)48)44-33(47)31(28-8-3-1-4-9-28)29-10-5-2-6-11-29;3-2(4,5)1(6)7/h1-6,8-11,13-16,30-31H,7,12,17-25,37H2,(H,42,46)(H,44,47)(H3,39,43,48)(H4,38,40,41,45,49);(H,6,7)/t30-;/m0./s1. The maximum absolute atomic E-state index is 13.9. The maximum atomic E-state index is 13.9. The molecule has 0 saturated carbocycles. The van der Waals surface area contributed by atoms with Gasteiger partial charge in [0, 0.05) is 32.7 Å². The van der Waals surface area contributed by atoms with Gasteiger partial charge in [0.25, 0.3) is 0 Å². The van der Waals surface area contributed by atoms with Gasteiger partial charge >= 0.3 is 24.2 Å². The summed E-state index contributed by atoms with van der Waals surface area (Å²) < 4.78 is 42.3. The van der Waals surface area contributed by atoms with Crippen molar-refractivity contribution < 1.29 is 51.7 Å². The molecular weight excluding hydrogens is 767 g/mol. The number of urea groups is 2. The zero-order valence-electron chi connectivity index (χ0n) is 31.6. The quantitative estimate of drug-likeness (QED) is 0.0427.